The van der Waals surface area contributed by atoms with Gasteiger partial charge in [0.25, 0.3) is 0 Å². The summed E-state index contributed by atoms with van der Waals surface area (Å²) < 4.78 is 38.2. The molecule has 28 heavy (non-hydrogen) atoms. The number of benzene rings is 2. The first kappa shape index (κ1) is 20.9. The van der Waals surface area contributed by atoms with Gasteiger partial charge < -0.3 is 9.47 Å². The molecular formula is C23H30O4S. The lowest BCUT2D eigenvalue weighted by Crippen LogP contribution is -2.15. The second-order valence-electron chi connectivity index (χ2n) is 9.46. The summed E-state index contributed by atoms with van der Waals surface area (Å²) in [6, 6.07) is 12.7. The molecule has 0 N–H and O–H groups in total. The van der Waals surface area contributed by atoms with Crippen LogP contribution in [-0.4, -0.2) is 27.7 Å². The third-order valence-electron chi connectivity index (χ3n) is 4.94. The van der Waals surface area contributed by atoms with Crippen molar-refractivity contribution in [3.05, 3.63) is 53.6 Å². The predicted octanol–water partition coefficient (Wildman–Crippen LogP) is 4.89. The van der Waals surface area contributed by atoms with Crippen LogP contribution in [0.3, 0.4) is 0 Å². The van der Waals surface area contributed by atoms with Crippen LogP contribution < -0.4 is 4.74 Å². The smallest absolute Gasteiger partial charge is 0.210 e. The molecule has 1 unspecified atom stereocenters. The fourth-order valence-electron chi connectivity index (χ4n) is 2.91. The molecule has 0 aromatic heterocycles. The van der Waals surface area contributed by atoms with Crippen LogP contribution in [0.4, 0.5) is 0 Å². The molecular weight excluding hydrogens is 372 g/mol. The Labute approximate surface area is 168 Å². The molecule has 0 bridgehead atoms. The summed E-state index contributed by atoms with van der Waals surface area (Å²) in [6.45, 7) is 13.4. The highest BCUT2D eigenvalue weighted by atomic mass is 32.2. The maximum absolute atomic E-state index is 13.6. The molecule has 0 saturated carbocycles. The lowest BCUT2D eigenvalue weighted by atomic mass is 9.87. The number of ether oxygens (including phenoxy) is 2. The minimum atomic E-state index is -3.73. The van der Waals surface area contributed by atoms with Gasteiger partial charge in [0.2, 0.25) is 9.84 Å². The molecule has 2 aromatic carbocycles. The van der Waals surface area contributed by atoms with Gasteiger partial charge in [-0.3, -0.25) is 0 Å². The zero-order valence-electron chi connectivity index (χ0n) is 17.6. The number of hydrogen-bond acceptors (Lipinski definition) is 4. The van der Waals surface area contributed by atoms with Crippen LogP contribution in [0.2, 0.25) is 0 Å². The second-order valence-corrected chi connectivity index (χ2v) is 11.4. The lowest BCUT2D eigenvalue weighted by molar-refractivity contribution is 0.257. The Morgan fingerprint density at radius 2 is 1.57 bits per heavy atom. The second kappa shape index (κ2) is 7.20. The van der Waals surface area contributed by atoms with Crippen molar-refractivity contribution in [1.29, 1.82) is 0 Å². The van der Waals surface area contributed by atoms with E-state index in [4.69, 9.17) is 9.47 Å². The minimum Gasteiger partial charge on any atom is -0.489 e. The van der Waals surface area contributed by atoms with Gasteiger partial charge in [-0.15, -0.1) is 0 Å². The molecule has 1 aliphatic heterocycles. The van der Waals surface area contributed by atoms with Gasteiger partial charge in [0, 0.05) is 0 Å². The zero-order chi connectivity index (χ0) is 20.7. The van der Waals surface area contributed by atoms with Crippen molar-refractivity contribution in [1.82, 2.24) is 0 Å². The van der Waals surface area contributed by atoms with E-state index in [1.165, 1.54) is 0 Å². The molecule has 1 heterocycles. The van der Waals surface area contributed by atoms with Gasteiger partial charge >= 0.3 is 0 Å². The average molecular weight is 403 g/mol. The highest BCUT2D eigenvalue weighted by molar-refractivity contribution is 7.91. The summed E-state index contributed by atoms with van der Waals surface area (Å²) in [5.41, 5.74) is 1.62. The van der Waals surface area contributed by atoms with Crippen LogP contribution in [-0.2, 0) is 25.4 Å². The van der Waals surface area contributed by atoms with Crippen LogP contribution >= 0.6 is 0 Å². The maximum Gasteiger partial charge on any atom is 0.210 e. The fourth-order valence-corrected chi connectivity index (χ4v) is 4.38. The van der Waals surface area contributed by atoms with Crippen molar-refractivity contribution in [3.8, 4) is 5.75 Å². The minimum absolute atomic E-state index is 0.0575. The van der Waals surface area contributed by atoms with Crippen molar-refractivity contribution in [2.24, 2.45) is 0 Å². The van der Waals surface area contributed by atoms with Crippen LogP contribution in [0.1, 0.15) is 52.7 Å². The van der Waals surface area contributed by atoms with E-state index in [0.717, 1.165) is 11.1 Å². The van der Waals surface area contributed by atoms with Gasteiger partial charge in [0.05, 0.1) is 11.5 Å². The molecule has 1 aliphatic rings. The molecule has 0 aliphatic carbocycles. The SMILES string of the molecule is CC(C)(C)c1cccc(S(=O)(=O)c2cc(C(C)(C)C)ccc2OCC2CO2)c1. The summed E-state index contributed by atoms with van der Waals surface area (Å²) in [5.74, 6) is 0.379. The predicted molar refractivity (Wildman–Crippen MR) is 111 cm³/mol. The summed E-state index contributed by atoms with van der Waals surface area (Å²) in [4.78, 5) is 0.505. The van der Waals surface area contributed by atoms with Crippen molar-refractivity contribution < 1.29 is 17.9 Å². The highest BCUT2D eigenvalue weighted by Crippen LogP contribution is 2.35. The molecule has 0 spiro atoms. The van der Waals surface area contributed by atoms with Gasteiger partial charge in [-0.25, -0.2) is 8.42 Å². The van der Waals surface area contributed by atoms with E-state index < -0.39 is 9.84 Å². The van der Waals surface area contributed by atoms with E-state index in [-0.39, 0.29) is 21.8 Å². The molecule has 3 rings (SSSR count). The Balaban J connectivity index is 2.10. The van der Waals surface area contributed by atoms with E-state index in [1.807, 2.05) is 12.1 Å². The van der Waals surface area contributed by atoms with Gasteiger partial charge in [-0.1, -0.05) is 59.7 Å². The van der Waals surface area contributed by atoms with Gasteiger partial charge in [-0.2, -0.15) is 0 Å². The number of hydrogen-bond donors (Lipinski definition) is 0. The average Bonchev–Trinajstić information content (AvgIpc) is 3.43. The van der Waals surface area contributed by atoms with Gasteiger partial charge in [0.15, 0.2) is 0 Å². The number of rotatable bonds is 5. The van der Waals surface area contributed by atoms with Crippen LogP contribution in [0.15, 0.2) is 52.3 Å². The first-order chi connectivity index (χ1) is 12.9. The summed E-state index contributed by atoms with van der Waals surface area (Å²) in [7, 11) is -3.73. The molecule has 152 valence electrons. The Kier molecular flexibility index (Phi) is 5.36. The molecule has 0 radical (unpaired) electrons. The Hall–Kier alpha value is -1.85. The van der Waals surface area contributed by atoms with Crippen molar-refractivity contribution in [3.63, 3.8) is 0 Å². The molecule has 1 saturated heterocycles. The van der Waals surface area contributed by atoms with E-state index in [0.29, 0.717) is 23.9 Å². The standard InChI is InChI=1S/C23H30O4S/c1-22(2,3)16-8-7-9-19(12-16)28(24,25)21-13-17(23(4,5)6)10-11-20(21)27-15-18-14-26-18/h7-13,18H,14-15H2,1-6H3. The zero-order valence-corrected chi connectivity index (χ0v) is 18.4. The normalized spacial score (nSPS) is 17.4. The van der Waals surface area contributed by atoms with E-state index in [2.05, 4.69) is 41.5 Å². The Morgan fingerprint density at radius 3 is 2.14 bits per heavy atom. The molecule has 4 nitrogen and oxygen atoms in total. The van der Waals surface area contributed by atoms with E-state index in [1.54, 1.807) is 30.3 Å². The van der Waals surface area contributed by atoms with E-state index in [9.17, 15) is 8.42 Å². The van der Waals surface area contributed by atoms with Crippen molar-refractivity contribution in [2.45, 2.75) is 68.3 Å². The van der Waals surface area contributed by atoms with Crippen LogP contribution in [0.5, 0.6) is 5.75 Å². The van der Waals surface area contributed by atoms with Gasteiger partial charge in [0.1, 0.15) is 23.4 Å². The van der Waals surface area contributed by atoms with Crippen molar-refractivity contribution >= 4 is 9.84 Å². The first-order valence-electron chi connectivity index (χ1n) is 9.63. The molecule has 0 amide bonds. The summed E-state index contributed by atoms with van der Waals surface area (Å²) in [5, 5.41) is 0. The number of sulfone groups is 1. The van der Waals surface area contributed by atoms with Crippen molar-refractivity contribution in [2.75, 3.05) is 13.2 Å². The lowest BCUT2D eigenvalue weighted by Gasteiger charge is -2.22. The largest absolute Gasteiger partial charge is 0.489 e. The summed E-state index contributed by atoms with van der Waals surface area (Å²) in [6.07, 6.45) is 0.0575. The molecule has 1 atom stereocenters. The van der Waals surface area contributed by atoms with Crippen LogP contribution in [0.25, 0.3) is 0 Å². The Morgan fingerprint density at radius 1 is 0.964 bits per heavy atom. The monoisotopic (exact) mass is 402 g/mol. The van der Waals surface area contributed by atoms with E-state index >= 15 is 0 Å². The highest BCUT2D eigenvalue weighted by Gasteiger charge is 2.29. The third-order valence-corrected chi connectivity index (χ3v) is 6.71. The third kappa shape index (κ3) is 4.58. The van der Waals surface area contributed by atoms with Crippen LogP contribution in [0, 0.1) is 0 Å². The quantitative estimate of drug-likeness (QED) is 0.668. The van der Waals surface area contributed by atoms with Gasteiger partial charge in [-0.05, 0) is 46.2 Å². The number of epoxide rings is 1. The Bertz CT molecular complexity index is 959. The topological polar surface area (TPSA) is 55.9 Å². The molecule has 1 fully saturated rings. The fraction of sp³-hybridized carbons (Fsp3) is 0.478. The maximum atomic E-state index is 13.6. The molecule has 2 aromatic rings. The first-order valence-corrected chi connectivity index (χ1v) is 11.1. The summed E-state index contributed by atoms with van der Waals surface area (Å²) >= 11 is 0. The molecule has 5 heteroatoms.